The molecule has 0 N–H and O–H groups in total. The number of rotatable bonds is 1. The van der Waals surface area contributed by atoms with E-state index in [9.17, 15) is 0 Å². The van der Waals surface area contributed by atoms with Gasteiger partial charge in [0.1, 0.15) is 11.4 Å². The summed E-state index contributed by atoms with van der Waals surface area (Å²) >= 11 is 0. The fourth-order valence-electron chi connectivity index (χ4n) is 3.36. The third-order valence-corrected chi connectivity index (χ3v) is 4.77. The van der Waals surface area contributed by atoms with E-state index in [1.807, 2.05) is 0 Å². The Labute approximate surface area is 127 Å². The van der Waals surface area contributed by atoms with Gasteiger partial charge in [0.05, 0.1) is 13.2 Å². The van der Waals surface area contributed by atoms with Gasteiger partial charge in [0, 0.05) is 0 Å². The maximum absolute atomic E-state index is 2.44. The van der Waals surface area contributed by atoms with Crippen molar-refractivity contribution >= 4 is 24.2 Å². The maximum Gasteiger partial charge on any atom is 0.498 e. The third kappa shape index (κ3) is 1.93. The van der Waals surface area contributed by atoms with E-state index < -0.39 is 0 Å². The summed E-state index contributed by atoms with van der Waals surface area (Å²) in [6.45, 7) is 9.17. The average molecular weight is 280 g/mol. The summed E-state index contributed by atoms with van der Waals surface area (Å²) in [5.74, 6) is 1.28. The number of para-hydroxylation sites is 1. The Hall–Kier alpha value is -1.97. The standard InChI is InChI=1S/C17H23BN3/c1-12-9-7-8-10-15(12)21-17-16(20(6)18(21)4)14(3)13(2)11-19(17)5/h7-11H,1-6H3/q+1. The van der Waals surface area contributed by atoms with Crippen LogP contribution in [0.1, 0.15) is 16.7 Å². The fraction of sp³-hybridized carbons (Fsp3) is 0.353. The van der Waals surface area contributed by atoms with Crippen LogP contribution in [0, 0.1) is 20.8 Å². The number of hydrogen-bond donors (Lipinski definition) is 0. The van der Waals surface area contributed by atoms with Crippen LogP contribution in [0.25, 0.3) is 0 Å². The molecule has 0 saturated heterocycles. The van der Waals surface area contributed by atoms with E-state index in [2.05, 4.69) is 86.3 Å². The molecule has 0 atom stereocenters. The number of nitrogens with zero attached hydrogens (tertiary/aromatic N) is 3. The minimum Gasteiger partial charge on any atom is -0.370 e. The van der Waals surface area contributed by atoms with E-state index in [1.54, 1.807) is 0 Å². The fourth-order valence-corrected chi connectivity index (χ4v) is 3.36. The number of aryl methyl sites for hydroxylation is 3. The van der Waals surface area contributed by atoms with Gasteiger partial charge in [-0.3, -0.25) is 4.81 Å². The van der Waals surface area contributed by atoms with Crippen molar-refractivity contribution in [3.63, 3.8) is 0 Å². The molecule has 3 nitrogen and oxygen atoms in total. The van der Waals surface area contributed by atoms with Crippen LogP contribution in [-0.2, 0) is 7.05 Å². The van der Waals surface area contributed by atoms with Gasteiger partial charge in [-0.2, -0.15) is 0 Å². The van der Waals surface area contributed by atoms with Crippen LogP contribution in [0.4, 0.5) is 17.2 Å². The Kier molecular flexibility index (Phi) is 3.20. The van der Waals surface area contributed by atoms with Crippen LogP contribution in [0.3, 0.4) is 0 Å². The van der Waals surface area contributed by atoms with Crippen molar-refractivity contribution in [3.8, 4) is 0 Å². The molecule has 2 heterocycles. The monoisotopic (exact) mass is 280 g/mol. The number of aromatic nitrogens is 1. The van der Waals surface area contributed by atoms with Crippen molar-refractivity contribution in [2.45, 2.75) is 27.6 Å². The molecular weight excluding hydrogens is 257 g/mol. The Balaban J connectivity index is 2.28. The Morgan fingerprint density at radius 1 is 1.05 bits per heavy atom. The Morgan fingerprint density at radius 3 is 2.38 bits per heavy atom. The van der Waals surface area contributed by atoms with Gasteiger partial charge in [0.15, 0.2) is 0 Å². The zero-order valence-electron chi connectivity index (χ0n) is 13.8. The van der Waals surface area contributed by atoms with Crippen molar-refractivity contribution in [1.82, 2.24) is 0 Å². The Morgan fingerprint density at radius 2 is 1.71 bits per heavy atom. The molecule has 4 heteroatoms. The summed E-state index contributed by atoms with van der Waals surface area (Å²) in [7, 11) is 4.33. The van der Waals surface area contributed by atoms with Crippen LogP contribution < -0.4 is 14.2 Å². The number of hydrogen-bond acceptors (Lipinski definition) is 2. The first-order valence-electron chi connectivity index (χ1n) is 7.51. The van der Waals surface area contributed by atoms with Crippen molar-refractivity contribution < 1.29 is 4.57 Å². The average Bonchev–Trinajstić information content (AvgIpc) is 2.70. The van der Waals surface area contributed by atoms with E-state index in [0.29, 0.717) is 6.98 Å². The maximum atomic E-state index is 2.44. The number of anilines is 3. The van der Waals surface area contributed by atoms with Crippen LogP contribution in [0.15, 0.2) is 30.5 Å². The van der Waals surface area contributed by atoms with Crippen molar-refractivity contribution in [1.29, 1.82) is 0 Å². The zero-order chi connectivity index (χ0) is 15.3. The van der Waals surface area contributed by atoms with Gasteiger partial charge in [-0.25, -0.2) is 4.57 Å². The quantitative estimate of drug-likeness (QED) is 0.587. The number of pyridine rings is 1. The second-order valence-corrected chi connectivity index (χ2v) is 6.12. The van der Waals surface area contributed by atoms with Crippen LogP contribution >= 0.6 is 0 Å². The van der Waals surface area contributed by atoms with Gasteiger partial charge in [0.2, 0.25) is 0 Å². The molecule has 3 rings (SSSR count). The smallest absolute Gasteiger partial charge is 0.370 e. The molecule has 0 bridgehead atoms. The lowest BCUT2D eigenvalue weighted by atomic mass is 9.76. The summed E-state index contributed by atoms with van der Waals surface area (Å²) in [5, 5.41) is 0. The number of fused-ring (bicyclic) bond motifs is 1. The van der Waals surface area contributed by atoms with Crippen LogP contribution in [-0.4, -0.2) is 14.0 Å². The normalized spacial score (nSPS) is 13.9. The van der Waals surface area contributed by atoms with Crippen LogP contribution in [0.2, 0.25) is 6.82 Å². The number of benzene rings is 1. The summed E-state index contributed by atoms with van der Waals surface area (Å²) in [4.78, 5) is 4.82. The van der Waals surface area contributed by atoms with Crippen molar-refractivity contribution in [3.05, 3.63) is 47.2 Å². The van der Waals surface area contributed by atoms with E-state index in [1.165, 1.54) is 33.9 Å². The first-order valence-corrected chi connectivity index (χ1v) is 7.51. The lowest BCUT2D eigenvalue weighted by Crippen LogP contribution is -2.44. The van der Waals surface area contributed by atoms with E-state index >= 15 is 0 Å². The highest BCUT2D eigenvalue weighted by Gasteiger charge is 2.47. The third-order valence-electron chi connectivity index (χ3n) is 4.77. The minimum absolute atomic E-state index is 0.313. The first kappa shape index (κ1) is 14.0. The van der Waals surface area contributed by atoms with Gasteiger partial charge in [0.25, 0.3) is 5.82 Å². The molecule has 1 aliphatic rings. The molecule has 0 fully saturated rings. The molecule has 108 valence electrons. The van der Waals surface area contributed by atoms with Gasteiger partial charge in [-0.15, -0.1) is 0 Å². The van der Waals surface area contributed by atoms with Crippen LogP contribution in [0.5, 0.6) is 0 Å². The first-order chi connectivity index (χ1) is 9.93. The largest absolute Gasteiger partial charge is 0.498 e. The second kappa shape index (κ2) is 4.80. The van der Waals surface area contributed by atoms with E-state index in [0.717, 1.165) is 0 Å². The second-order valence-electron chi connectivity index (χ2n) is 6.12. The molecule has 1 aliphatic heterocycles. The highest BCUT2D eigenvalue weighted by molar-refractivity contribution is 6.70. The summed E-state index contributed by atoms with van der Waals surface area (Å²) in [6, 6.07) is 8.61. The van der Waals surface area contributed by atoms with Gasteiger partial charge < -0.3 is 4.81 Å². The minimum atomic E-state index is 0.313. The molecule has 0 radical (unpaired) electrons. The molecule has 2 aromatic rings. The molecule has 0 spiro atoms. The summed E-state index contributed by atoms with van der Waals surface area (Å²) < 4.78 is 2.25. The molecule has 1 aromatic carbocycles. The van der Waals surface area contributed by atoms with Gasteiger partial charge in [-0.1, -0.05) is 18.2 Å². The topological polar surface area (TPSA) is 10.4 Å². The predicted molar refractivity (Wildman–Crippen MR) is 90.4 cm³/mol. The van der Waals surface area contributed by atoms with Gasteiger partial charge in [-0.05, 0) is 57.4 Å². The Bertz CT molecular complexity index is 711. The molecule has 0 amide bonds. The zero-order valence-corrected chi connectivity index (χ0v) is 13.8. The lowest BCUT2D eigenvalue weighted by Gasteiger charge is -2.19. The van der Waals surface area contributed by atoms with Gasteiger partial charge >= 0.3 is 6.98 Å². The molecule has 1 aromatic heterocycles. The highest BCUT2D eigenvalue weighted by Crippen LogP contribution is 2.42. The molecule has 21 heavy (non-hydrogen) atoms. The van der Waals surface area contributed by atoms with E-state index in [4.69, 9.17) is 0 Å². The highest BCUT2D eigenvalue weighted by atomic mass is 15.3. The SMILES string of the molecule is CB1N(C)c2c(C)c(C)c[n+](C)c2N1c1ccccc1C. The van der Waals surface area contributed by atoms with Crippen molar-refractivity contribution in [2.75, 3.05) is 16.7 Å². The summed E-state index contributed by atoms with van der Waals surface area (Å²) in [5.41, 5.74) is 6.64. The summed E-state index contributed by atoms with van der Waals surface area (Å²) in [6.07, 6.45) is 2.23. The van der Waals surface area contributed by atoms with Crippen molar-refractivity contribution in [2.24, 2.45) is 7.05 Å². The molecule has 0 saturated carbocycles. The van der Waals surface area contributed by atoms with E-state index in [-0.39, 0.29) is 0 Å². The lowest BCUT2D eigenvalue weighted by molar-refractivity contribution is -0.657. The molecule has 0 unspecified atom stereocenters. The molecular formula is C17H23BN3+. The predicted octanol–water partition coefficient (Wildman–Crippen LogP) is 3.14. The molecule has 0 aliphatic carbocycles.